The number of nitrogens with zero attached hydrogens (tertiary/aromatic N) is 2. The van der Waals surface area contributed by atoms with E-state index in [-0.39, 0.29) is 18.5 Å². The highest BCUT2D eigenvalue weighted by Crippen LogP contribution is 2.26. The van der Waals surface area contributed by atoms with Gasteiger partial charge in [-0.2, -0.15) is 4.31 Å². The predicted molar refractivity (Wildman–Crippen MR) is 119 cm³/mol. The second-order valence-electron chi connectivity index (χ2n) is 8.11. The van der Waals surface area contributed by atoms with Crippen molar-refractivity contribution >= 4 is 15.9 Å². The van der Waals surface area contributed by atoms with Gasteiger partial charge in [-0.1, -0.05) is 48.0 Å². The average Bonchev–Trinajstić information content (AvgIpc) is 2.68. The number of hydrogen-bond acceptors (Lipinski definition) is 4. The van der Waals surface area contributed by atoms with Crippen molar-refractivity contribution in [1.29, 1.82) is 0 Å². The summed E-state index contributed by atoms with van der Waals surface area (Å²) in [6, 6.07) is 13.6. The summed E-state index contributed by atoms with van der Waals surface area (Å²) in [5.41, 5.74) is 3.68. The number of amides is 1. The van der Waals surface area contributed by atoms with Gasteiger partial charge < -0.3 is 5.32 Å². The Bertz CT molecular complexity index is 975. The van der Waals surface area contributed by atoms with Gasteiger partial charge in [0.2, 0.25) is 15.9 Å². The van der Waals surface area contributed by atoms with Crippen LogP contribution in [0.2, 0.25) is 0 Å². The highest BCUT2D eigenvalue weighted by Gasteiger charge is 2.31. The summed E-state index contributed by atoms with van der Waals surface area (Å²) in [6.45, 7) is 9.75. The minimum atomic E-state index is -3.54. The molecule has 0 saturated carbocycles. The van der Waals surface area contributed by atoms with Gasteiger partial charge in [0.05, 0.1) is 17.5 Å². The molecule has 30 heavy (non-hydrogen) atoms. The van der Waals surface area contributed by atoms with Crippen LogP contribution in [-0.4, -0.2) is 56.3 Å². The summed E-state index contributed by atoms with van der Waals surface area (Å²) >= 11 is 0. The number of benzene rings is 2. The lowest BCUT2D eigenvalue weighted by molar-refractivity contribution is -0.123. The maximum Gasteiger partial charge on any atom is 0.243 e. The lowest BCUT2D eigenvalue weighted by Crippen LogP contribution is -2.51. The van der Waals surface area contributed by atoms with E-state index >= 15 is 0 Å². The van der Waals surface area contributed by atoms with Crippen molar-refractivity contribution in [2.75, 3.05) is 32.7 Å². The minimum Gasteiger partial charge on any atom is -0.348 e. The van der Waals surface area contributed by atoms with Gasteiger partial charge in [-0.3, -0.25) is 9.69 Å². The van der Waals surface area contributed by atoms with Crippen LogP contribution in [0, 0.1) is 20.8 Å². The quantitative estimate of drug-likeness (QED) is 0.767. The van der Waals surface area contributed by atoms with E-state index in [0.29, 0.717) is 31.1 Å². The fourth-order valence-electron chi connectivity index (χ4n) is 4.15. The Hall–Kier alpha value is -2.22. The second kappa shape index (κ2) is 9.29. The molecule has 1 aliphatic heterocycles. The molecule has 7 heteroatoms. The molecule has 1 atom stereocenters. The van der Waals surface area contributed by atoms with Crippen LogP contribution in [0.3, 0.4) is 0 Å². The van der Waals surface area contributed by atoms with E-state index in [9.17, 15) is 13.2 Å². The van der Waals surface area contributed by atoms with Gasteiger partial charge in [0, 0.05) is 26.2 Å². The van der Waals surface area contributed by atoms with E-state index < -0.39 is 10.0 Å². The smallest absolute Gasteiger partial charge is 0.243 e. The molecule has 1 heterocycles. The Morgan fingerprint density at radius 2 is 1.57 bits per heavy atom. The number of nitrogens with one attached hydrogen (secondary N) is 1. The van der Waals surface area contributed by atoms with E-state index in [0.717, 1.165) is 22.3 Å². The van der Waals surface area contributed by atoms with E-state index in [2.05, 4.69) is 5.32 Å². The SMILES string of the molecule is Cc1cc(C)c(S(=O)(=O)N2CCN(CC(=O)N[C@@H](C)c3ccccc3)CC2)c(C)c1. The number of carbonyl (C=O) groups is 1. The molecule has 0 bridgehead atoms. The first-order chi connectivity index (χ1) is 14.2. The molecule has 2 aromatic carbocycles. The van der Waals surface area contributed by atoms with E-state index in [4.69, 9.17) is 0 Å². The van der Waals surface area contributed by atoms with Crippen molar-refractivity contribution in [3.05, 3.63) is 64.7 Å². The van der Waals surface area contributed by atoms with E-state index in [1.54, 1.807) is 4.31 Å². The maximum atomic E-state index is 13.2. The van der Waals surface area contributed by atoms with Gasteiger partial charge in [0.25, 0.3) is 0 Å². The molecule has 0 aromatic heterocycles. The number of piperazine rings is 1. The topological polar surface area (TPSA) is 69.7 Å². The van der Waals surface area contributed by atoms with Crippen LogP contribution < -0.4 is 5.32 Å². The molecule has 0 radical (unpaired) electrons. The molecule has 1 amide bonds. The normalized spacial score (nSPS) is 16.9. The maximum absolute atomic E-state index is 13.2. The highest BCUT2D eigenvalue weighted by molar-refractivity contribution is 7.89. The molecule has 162 valence electrons. The zero-order valence-corrected chi connectivity index (χ0v) is 19.0. The largest absolute Gasteiger partial charge is 0.348 e. The first kappa shape index (κ1) is 22.5. The summed E-state index contributed by atoms with van der Waals surface area (Å²) in [6.07, 6.45) is 0. The Balaban J connectivity index is 1.57. The summed E-state index contributed by atoms with van der Waals surface area (Å²) in [4.78, 5) is 14.9. The molecular weight excluding hydrogens is 398 g/mol. The summed E-state index contributed by atoms with van der Waals surface area (Å²) in [5, 5.41) is 3.02. The van der Waals surface area contributed by atoms with Gasteiger partial charge in [0.15, 0.2) is 0 Å². The van der Waals surface area contributed by atoms with Crippen LogP contribution >= 0.6 is 0 Å². The van der Waals surface area contributed by atoms with Crippen LogP contribution in [-0.2, 0) is 14.8 Å². The van der Waals surface area contributed by atoms with Crippen LogP contribution in [0.5, 0.6) is 0 Å². The van der Waals surface area contributed by atoms with Gasteiger partial charge >= 0.3 is 0 Å². The average molecular weight is 430 g/mol. The molecule has 1 aliphatic rings. The number of aryl methyl sites for hydroxylation is 3. The number of carbonyl (C=O) groups excluding carboxylic acids is 1. The van der Waals surface area contributed by atoms with Crippen molar-refractivity contribution in [2.24, 2.45) is 0 Å². The third-order valence-corrected chi connectivity index (χ3v) is 7.78. The van der Waals surface area contributed by atoms with Crippen molar-refractivity contribution in [3.63, 3.8) is 0 Å². The van der Waals surface area contributed by atoms with Gasteiger partial charge in [-0.05, 0) is 44.4 Å². The fraction of sp³-hybridized carbons (Fsp3) is 0.435. The first-order valence-corrected chi connectivity index (χ1v) is 11.8. The van der Waals surface area contributed by atoms with Crippen LogP contribution in [0.15, 0.2) is 47.4 Å². The predicted octanol–water partition coefficient (Wildman–Crippen LogP) is 2.80. The minimum absolute atomic E-state index is 0.0483. The van der Waals surface area contributed by atoms with Gasteiger partial charge in [0.1, 0.15) is 0 Å². The van der Waals surface area contributed by atoms with Gasteiger partial charge in [-0.25, -0.2) is 8.42 Å². The number of hydrogen-bond donors (Lipinski definition) is 1. The lowest BCUT2D eigenvalue weighted by Gasteiger charge is -2.34. The van der Waals surface area contributed by atoms with Crippen molar-refractivity contribution in [2.45, 2.75) is 38.6 Å². The highest BCUT2D eigenvalue weighted by atomic mass is 32.2. The van der Waals surface area contributed by atoms with Crippen molar-refractivity contribution in [3.8, 4) is 0 Å². The fourth-order valence-corrected chi connectivity index (χ4v) is 5.98. The first-order valence-electron chi connectivity index (χ1n) is 10.3. The molecule has 1 saturated heterocycles. The molecule has 0 aliphatic carbocycles. The second-order valence-corrected chi connectivity index (χ2v) is 9.98. The number of sulfonamides is 1. The molecule has 3 rings (SSSR count). The van der Waals surface area contributed by atoms with Crippen LogP contribution in [0.1, 0.15) is 35.2 Å². The zero-order valence-electron chi connectivity index (χ0n) is 18.2. The lowest BCUT2D eigenvalue weighted by atomic mass is 10.1. The van der Waals surface area contributed by atoms with E-state index in [1.165, 1.54) is 0 Å². The third kappa shape index (κ3) is 5.09. The van der Waals surface area contributed by atoms with Crippen molar-refractivity contribution < 1.29 is 13.2 Å². The van der Waals surface area contributed by atoms with Crippen molar-refractivity contribution in [1.82, 2.24) is 14.5 Å². The molecule has 0 spiro atoms. The number of rotatable bonds is 6. The Labute approximate surface area is 179 Å². The summed E-state index contributed by atoms with van der Waals surface area (Å²) < 4.78 is 27.9. The summed E-state index contributed by atoms with van der Waals surface area (Å²) in [7, 11) is -3.54. The van der Waals surface area contributed by atoms with Crippen LogP contribution in [0.25, 0.3) is 0 Å². The standard InChI is InChI=1S/C23H31N3O3S/c1-17-14-18(2)23(19(3)15-17)30(28,29)26-12-10-25(11-13-26)16-22(27)24-20(4)21-8-6-5-7-9-21/h5-9,14-15,20H,10-13,16H2,1-4H3,(H,24,27)/t20-/m0/s1. The summed E-state index contributed by atoms with van der Waals surface area (Å²) in [5.74, 6) is -0.0483. The molecule has 0 unspecified atom stereocenters. The molecule has 1 N–H and O–H groups in total. The third-order valence-electron chi connectivity index (χ3n) is 5.58. The zero-order chi connectivity index (χ0) is 21.9. The Morgan fingerprint density at radius 1 is 1.00 bits per heavy atom. The Morgan fingerprint density at radius 3 is 2.13 bits per heavy atom. The molecular formula is C23H31N3O3S. The Kier molecular flexibility index (Phi) is 6.95. The van der Waals surface area contributed by atoms with E-state index in [1.807, 2.05) is 75.1 Å². The molecule has 2 aromatic rings. The van der Waals surface area contributed by atoms with Crippen LogP contribution in [0.4, 0.5) is 0 Å². The van der Waals surface area contributed by atoms with Gasteiger partial charge in [-0.15, -0.1) is 0 Å². The molecule has 1 fully saturated rings. The monoisotopic (exact) mass is 429 g/mol. The molecule has 6 nitrogen and oxygen atoms in total.